The maximum absolute atomic E-state index is 13.3. The third-order valence-corrected chi connectivity index (χ3v) is 6.51. The summed E-state index contributed by atoms with van der Waals surface area (Å²) in [6.45, 7) is 4.23. The average Bonchev–Trinajstić information content (AvgIpc) is 3.19. The Labute approximate surface area is 209 Å². The summed E-state index contributed by atoms with van der Waals surface area (Å²) < 4.78 is 15.1. The summed E-state index contributed by atoms with van der Waals surface area (Å²) in [7, 11) is 0. The van der Waals surface area contributed by atoms with Gasteiger partial charge in [-0.05, 0) is 50.2 Å². The van der Waals surface area contributed by atoms with Gasteiger partial charge in [-0.3, -0.25) is 9.59 Å². The first-order valence-electron chi connectivity index (χ1n) is 9.76. The van der Waals surface area contributed by atoms with Crippen molar-refractivity contribution < 1.29 is 14.0 Å². The lowest BCUT2D eigenvalue weighted by Crippen LogP contribution is -2.28. The molecular weight excluding hydrogens is 512 g/mol. The highest BCUT2D eigenvalue weighted by Crippen LogP contribution is 2.24. The van der Waals surface area contributed by atoms with Crippen LogP contribution in [0.5, 0.6) is 0 Å². The molecule has 2 N–H and O–H groups in total. The molecule has 2 amide bonds. The summed E-state index contributed by atoms with van der Waals surface area (Å²) in [5.41, 5.74) is 0.759. The molecule has 174 valence electrons. The van der Waals surface area contributed by atoms with Gasteiger partial charge in [-0.15, -0.1) is 10.2 Å². The molecule has 0 aliphatic carbocycles. The summed E-state index contributed by atoms with van der Waals surface area (Å²) in [4.78, 5) is 24.8. The van der Waals surface area contributed by atoms with Gasteiger partial charge in [0.05, 0.1) is 26.9 Å². The van der Waals surface area contributed by atoms with E-state index in [1.165, 1.54) is 36.0 Å². The topological polar surface area (TPSA) is 88.9 Å². The van der Waals surface area contributed by atoms with Gasteiger partial charge in [-0.1, -0.05) is 46.6 Å². The van der Waals surface area contributed by atoms with Gasteiger partial charge < -0.3 is 15.2 Å². The van der Waals surface area contributed by atoms with Crippen molar-refractivity contribution in [2.24, 2.45) is 0 Å². The van der Waals surface area contributed by atoms with Crippen molar-refractivity contribution >= 4 is 64.1 Å². The molecule has 0 bridgehead atoms. The molecule has 0 radical (unpaired) electrons. The van der Waals surface area contributed by atoms with Gasteiger partial charge in [0, 0.05) is 17.8 Å². The minimum Gasteiger partial charge on any atom is -0.342 e. The highest BCUT2D eigenvalue weighted by molar-refractivity contribution is 7.99. The molecule has 33 heavy (non-hydrogen) atoms. The Balaban J connectivity index is 1.63. The normalized spacial score (nSPS) is 11.8. The third kappa shape index (κ3) is 6.38. The largest absolute Gasteiger partial charge is 0.342 e. The number of halogens is 4. The fraction of sp³-hybridized carbons (Fsp3) is 0.238. The van der Waals surface area contributed by atoms with Crippen LogP contribution in [0, 0.1) is 5.82 Å². The van der Waals surface area contributed by atoms with Crippen LogP contribution in [0.3, 0.4) is 0 Å². The highest BCUT2D eigenvalue weighted by atomic mass is 35.5. The zero-order chi connectivity index (χ0) is 24.1. The van der Waals surface area contributed by atoms with E-state index in [9.17, 15) is 14.0 Å². The molecule has 0 saturated heterocycles. The van der Waals surface area contributed by atoms with Crippen molar-refractivity contribution in [1.82, 2.24) is 20.1 Å². The molecule has 1 heterocycles. The molecule has 0 fully saturated rings. The maximum Gasteiger partial charge on any atom is 0.251 e. The molecule has 12 heteroatoms. The Kier molecular flexibility index (Phi) is 8.58. The van der Waals surface area contributed by atoms with Crippen molar-refractivity contribution in [3.8, 4) is 0 Å². The van der Waals surface area contributed by atoms with E-state index in [4.69, 9.17) is 34.8 Å². The first kappa shape index (κ1) is 25.3. The summed E-state index contributed by atoms with van der Waals surface area (Å²) >= 11 is 18.8. The molecule has 3 rings (SSSR count). The molecular formula is C21H19Cl3FN5O2S. The fourth-order valence-electron chi connectivity index (χ4n) is 2.91. The van der Waals surface area contributed by atoms with Crippen molar-refractivity contribution in [1.29, 1.82) is 0 Å². The summed E-state index contributed by atoms with van der Waals surface area (Å²) in [5, 5.41) is 14.9. The van der Waals surface area contributed by atoms with Gasteiger partial charge in [0.1, 0.15) is 5.82 Å². The number of hydrogen-bond donors (Lipinski definition) is 2. The van der Waals surface area contributed by atoms with Crippen LogP contribution in [0.25, 0.3) is 0 Å². The lowest BCUT2D eigenvalue weighted by Gasteiger charge is -2.15. The number of aromatic nitrogens is 3. The molecule has 0 unspecified atom stereocenters. The molecule has 2 aromatic carbocycles. The lowest BCUT2D eigenvalue weighted by molar-refractivity contribution is -0.113. The van der Waals surface area contributed by atoms with Crippen LogP contribution in [0.15, 0.2) is 41.6 Å². The second kappa shape index (κ2) is 11.2. The van der Waals surface area contributed by atoms with Gasteiger partial charge in [0.15, 0.2) is 11.0 Å². The predicted octanol–water partition coefficient (Wildman–Crippen LogP) is 5.62. The van der Waals surface area contributed by atoms with Crippen LogP contribution in [0.4, 0.5) is 10.1 Å². The number of hydrogen-bond acceptors (Lipinski definition) is 5. The van der Waals surface area contributed by atoms with Crippen molar-refractivity contribution in [2.45, 2.75) is 31.6 Å². The zero-order valence-corrected chi connectivity index (χ0v) is 20.6. The SMILES string of the molecule is CCn1c(SCC(=O)Nc2ccc(F)c(Cl)c2)nnc1[C@H](C)NC(=O)c1ccc(Cl)c(Cl)c1. The van der Waals surface area contributed by atoms with Crippen LogP contribution in [0.1, 0.15) is 36.1 Å². The first-order chi connectivity index (χ1) is 15.7. The van der Waals surface area contributed by atoms with Crippen molar-refractivity contribution in [2.75, 3.05) is 11.1 Å². The standard InChI is InChI=1S/C21H19Cl3FN5O2S/c1-3-30-19(11(2)26-20(32)12-4-6-14(22)15(23)8-12)28-29-21(30)33-10-18(31)27-13-5-7-17(25)16(24)9-13/h4-9,11H,3,10H2,1-2H3,(H,26,32)(H,27,31)/t11-/m0/s1. The number of nitrogens with zero attached hydrogens (tertiary/aromatic N) is 3. The Morgan fingerprint density at radius 2 is 1.85 bits per heavy atom. The number of anilines is 1. The van der Waals surface area contributed by atoms with E-state index in [-0.39, 0.29) is 27.6 Å². The molecule has 0 aliphatic heterocycles. The molecule has 0 saturated carbocycles. The van der Waals surface area contributed by atoms with Gasteiger partial charge in [-0.25, -0.2) is 4.39 Å². The summed E-state index contributed by atoms with van der Waals surface area (Å²) in [6.07, 6.45) is 0. The molecule has 0 aliphatic rings. The van der Waals surface area contributed by atoms with E-state index in [2.05, 4.69) is 20.8 Å². The Bertz CT molecular complexity index is 1190. The monoisotopic (exact) mass is 529 g/mol. The van der Waals surface area contributed by atoms with E-state index in [0.29, 0.717) is 33.8 Å². The Morgan fingerprint density at radius 1 is 1.09 bits per heavy atom. The molecule has 0 spiro atoms. The number of benzene rings is 2. The molecule has 1 atom stereocenters. The number of carbonyl (C=O) groups is 2. The van der Waals surface area contributed by atoms with Gasteiger partial charge in [0.2, 0.25) is 5.91 Å². The van der Waals surface area contributed by atoms with Crippen molar-refractivity contribution in [3.63, 3.8) is 0 Å². The van der Waals surface area contributed by atoms with Crippen molar-refractivity contribution in [3.05, 3.63) is 68.7 Å². The van der Waals surface area contributed by atoms with Crippen LogP contribution in [-0.2, 0) is 11.3 Å². The summed E-state index contributed by atoms with van der Waals surface area (Å²) in [6, 6.07) is 8.11. The molecule has 3 aromatic rings. The minimum absolute atomic E-state index is 0.0527. The number of carbonyl (C=O) groups excluding carboxylic acids is 2. The number of rotatable bonds is 8. The minimum atomic E-state index is -0.562. The second-order valence-electron chi connectivity index (χ2n) is 6.87. The zero-order valence-electron chi connectivity index (χ0n) is 17.5. The third-order valence-electron chi connectivity index (χ3n) is 4.51. The fourth-order valence-corrected chi connectivity index (χ4v) is 4.20. The van der Waals surface area contributed by atoms with E-state index >= 15 is 0 Å². The Hall–Kier alpha value is -2.33. The second-order valence-corrected chi connectivity index (χ2v) is 9.04. The van der Waals surface area contributed by atoms with Crippen LogP contribution >= 0.6 is 46.6 Å². The quantitative estimate of drug-likeness (QED) is 0.369. The van der Waals surface area contributed by atoms with E-state index in [1.807, 2.05) is 11.5 Å². The lowest BCUT2D eigenvalue weighted by atomic mass is 10.2. The Morgan fingerprint density at radius 3 is 2.52 bits per heavy atom. The van der Waals surface area contributed by atoms with E-state index in [1.54, 1.807) is 19.1 Å². The maximum atomic E-state index is 13.3. The average molecular weight is 531 g/mol. The van der Waals surface area contributed by atoms with E-state index < -0.39 is 11.9 Å². The molecule has 7 nitrogen and oxygen atoms in total. The smallest absolute Gasteiger partial charge is 0.251 e. The predicted molar refractivity (Wildman–Crippen MR) is 129 cm³/mol. The van der Waals surface area contributed by atoms with Gasteiger partial charge in [-0.2, -0.15) is 0 Å². The van der Waals surface area contributed by atoms with Gasteiger partial charge in [0.25, 0.3) is 5.91 Å². The van der Waals surface area contributed by atoms with E-state index in [0.717, 1.165) is 0 Å². The summed E-state index contributed by atoms with van der Waals surface area (Å²) in [5.74, 6) is -0.613. The van der Waals surface area contributed by atoms with Crippen LogP contribution in [0.2, 0.25) is 15.1 Å². The highest BCUT2D eigenvalue weighted by Gasteiger charge is 2.20. The van der Waals surface area contributed by atoms with Crippen LogP contribution < -0.4 is 10.6 Å². The van der Waals surface area contributed by atoms with Crippen LogP contribution in [-0.4, -0.2) is 32.3 Å². The number of thioether (sulfide) groups is 1. The number of nitrogens with one attached hydrogen (secondary N) is 2. The number of amides is 2. The molecule has 1 aromatic heterocycles. The van der Waals surface area contributed by atoms with Gasteiger partial charge >= 0.3 is 0 Å². The first-order valence-corrected chi connectivity index (χ1v) is 11.9.